The van der Waals surface area contributed by atoms with Crippen molar-refractivity contribution in [3.63, 3.8) is 0 Å². The molecule has 2 aliphatic carbocycles. The third kappa shape index (κ3) is 4.98. The van der Waals surface area contributed by atoms with E-state index >= 15 is 0 Å². The Bertz CT molecular complexity index is 3530. The Balaban J connectivity index is 1.14. The Hall–Kier alpha value is -8.21. The maximum atomic E-state index is 5.44. The minimum absolute atomic E-state index is 0.499. The largest absolute Gasteiger partial charge is 0.278 e. The molecule has 0 amide bonds. The van der Waals surface area contributed by atoms with Crippen LogP contribution in [0.4, 0.5) is 0 Å². The number of hydrogen-bond acceptors (Lipinski definition) is 3. The molecule has 0 atom stereocenters. The summed E-state index contributed by atoms with van der Waals surface area (Å²) in [5.74, 6) is 1.80. The molecule has 0 saturated heterocycles. The molecule has 0 fully saturated rings. The number of aromatic nitrogens is 4. The molecule has 0 bridgehead atoms. The van der Waals surface area contributed by atoms with Crippen molar-refractivity contribution >= 4 is 21.8 Å². The lowest BCUT2D eigenvalue weighted by Crippen LogP contribution is -2.25. The third-order valence-electron chi connectivity index (χ3n) is 13.1. The van der Waals surface area contributed by atoms with Crippen LogP contribution in [0.15, 0.2) is 218 Å². The van der Waals surface area contributed by atoms with E-state index in [0.29, 0.717) is 17.6 Å². The monoisotopic (exact) mass is 788 g/mol. The van der Waals surface area contributed by atoms with Crippen molar-refractivity contribution in [3.05, 3.63) is 241 Å². The highest BCUT2D eigenvalue weighted by Gasteiger charge is 2.51. The van der Waals surface area contributed by atoms with Gasteiger partial charge in [-0.1, -0.05) is 194 Å². The van der Waals surface area contributed by atoms with Crippen molar-refractivity contribution in [2.24, 2.45) is 0 Å². The molecular weight excluding hydrogens is 753 g/mol. The van der Waals surface area contributed by atoms with E-state index in [0.717, 1.165) is 55.2 Å². The molecule has 0 saturated carbocycles. The summed E-state index contributed by atoms with van der Waals surface area (Å²) < 4.78 is 2.29. The van der Waals surface area contributed by atoms with Crippen LogP contribution in [0.25, 0.3) is 95.0 Å². The molecule has 2 aromatic heterocycles. The fourth-order valence-electron chi connectivity index (χ4n) is 10.4. The number of hydrogen-bond donors (Lipinski definition) is 0. The van der Waals surface area contributed by atoms with E-state index < -0.39 is 5.41 Å². The average Bonchev–Trinajstić information content (AvgIpc) is 3.95. The van der Waals surface area contributed by atoms with Crippen molar-refractivity contribution < 1.29 is 0 Å². The van der Waals surface area contributed by atoms with E-state index in [2.05, 4.69) is 199 Å². The van der Waals surface area contributed by atoms with Gasteiger partial charge in [0.25, 0.3) is 0 Å². The maximum Gasteiger partial charge on any atom is 0.238 e. The quantitative estimate of drug-likeness (QED) is 0.174. The zero-order valence-corrected chi connectivity index (χ0v) is 33.6. The summed E-state index contributed by atoms with van der Waals surface area (Å²) in [7, 11) is 0. The summed E-state index contributed by atoms with van der Waals surface area (Å²) in [4.78, 5) is 16.0. The topological polar surface area (TPSA) is 43.6 Å². The van der Waals surface area contributed by atoms with E-state index in [4.69, 9.17) is 15.0 Å². The first-order chi connectivity index (χ1) is 30.7. The van der Waals surface area contributed by atoms with Gasteiger partial charge in [-0.2, -0.15) is 9.97 Å². The number of benzene rings is 9. The average molecular weight is 789 g/mol. The first kappa shape index (κ1) is 34.6. The van der Waals surface area contributed by atoms with Crippen LogP contribution in [0.2, 0.25) is 0 Å². The molecule has 0 unspecified atom stereocenters. The molecule has 2 heterocycles. The van der Waals surface area contributed by atoms with Crippen LogP contribution in [-0.2, 0) is 5.41 Å². The summed E-state index contributed by atoms with van der Waals surface area (Å²) in [6.07, 6.45) is 0. The molecule has 4 heteroatoms. The molecule has 0 radical (unpaired) electrons. The third-order valence-corrected chi connectivity index (χ3v) is 13.1. The first-order valence-corrected chi connectivity index (χ1v) is 21.2. The van der Waals surface area contributed by atoms with Gasteiger partial charge in [0.05, 0.1) is 16.4 Å². The summed E-state index contributed by atoms with van der Waals surface area (Å²) in [5, 5.41) is 2.29. The van der Waals surface area contributed by atoms with Crippen LogP contribution in [0.1, 0.15) is 22.3 Å². The predicted molar refractivity (Wildman–Crippen MR) is 252 cm³/mol. The lowest BCUT2D eigenvalue weighted by Gasteiger charge is -2.30. The van der Waals surface area contributed by atoms with Gasteiger partial charge in [0, 0.05) is 21.9 Å². The van der Waals surface area contributed by atoms with Gasteiger partial charge >= 0.3 is 0 Å². The molecule has 11 aromatic rings. The normalized spacial score (nSPS) is 13.0. The van der Waals surface area contributed by atoms with E-state index in [1.165, 1.54) is 44.5 Å². The predicted octanol–water partition coefficient (Wildman–Crippen LogP) is 14.0. The fourth-order valence-corrected chi connectivity index (χ4v) is 10.4. The van der Waals surface area contributed by atoms with Crippen molar-refractivity contribution in [2.75, 3.05) is 0 Å². The summed E-state index contributed by atoms with van der Waals surface area (Å²) >= 11 is 0. The molecule has 13 rings (SSSR count). The number of fused-ring (bicyclic) bond motifs is 13. The standard InChI is InChI=1S/C58H36N4/c1-4-17-37(18-5-1)40-23-16-24-42(33-40)56-59-55(39-21-8-3-9-22-39)60-57(61-56)62-53-34-41(38-19-6-2-7-20-38)31-32-46(53)48-35-47-45-27-12-15-30-51(45)58(52(47)36-54(48)62)49-28-13-10-25-43(49)44-26-11-14-29-50(44)58/h1-36H. The van der Waals surface area contributed by atoms with Gasteiger partial charge in [-0.05, 0) is 91.0 Å². The van der Waals surface area contributed by atoms with Gasteiger partial charge < -0.3 is 0 Å². The Morgan fingerprint density at radius 2 is 0.758 bits per heavy atom. The second-order valence-electron chi connectivity index (χ2n) is 16.3. The van der Waals surface area contributed by atoms with E-state index in [9.17, 15) is 0 Å². The molecule has 288 valence electrons. The highest BCUT2D eigenvalue weighted by molar-refractivity contribution is 6.13. The Morgan fingerprint density at radius 3 is 1.37 bits per heavy atom. The molecule has 4 nitrogen and oxygen atoms in total. The van der Waals surface area contributed by atoms with Gasteiger partial charge in [-0.3, -0.25) is 4.57 Å². The molecule has 9 aromatic carbocycles. The molecule has 1 spiro atoms. The lowest BCUT2D eigenvalue weighted by molar-refractivity contribution is 0.794. The second-order valence-corrected chi connectivity index (χ2v) is 16.3. The van der Waals surface area contributed by atoms with Crippen molar-refractivity contribution in [3.8, 4) is 73.2 Å². The van der Waals surface area contributed by atoms with Crippen LogP contribution in [0.3, 0.4) is 0 Å². The first-order valence-electron chi connectivity index (χ1n) is 21.2. The van der Waals surface area contributed by atoms with Gasteiger partial charge in [0.15, 0.2) is 11.6 Å². The van der Waals surface area contributed by atoms with Crippen LogP contribution < -0.4 is 0 Å². The Labute approximate surface area is 359 Å². The van der Waals surface area contributed by atoms with Crippen molar-refractivity contribution in [1.82, 2.24) is 19.5 Å². The smallest absolute Gasteiger partial charge is 0.238 e. The van der Waals surface area contributed by atoms with Crippen molar-refractivity contribution in [2.45, 2.75) is 5.41 Å². The van der Waals surface area contributed by atoms with Gasteiger partial charge in [0.2, 0.25) is 5.95 Å². The Kier molecular flexibility index (Phi) is 7.49. The van der Waals surface area contributed by atoms with Gasteiger partial charge in [-0.25, -0.2) is 4.98 Å². The lowest BCUT2D eigenvalue weighted by atomic mass is 9.70. The Morgan fingerprint density at radius 1 is 0.290 bits per heavy atom. The van der Waals surface area contributed by atoms with E-state index in [-0.39, 0.29) is 0 Å². The minimum atomic E-state index is -0.499. The second kappa shape index (κ2) is 13.4. The highest BCUT2D eigenvalue weighted by atomic mass is 15.2. The highest BCUT2D eigenvalue weighted by Crippen LogP contribution is 2.63. The summed E-state index contributed by atoms with van der Waals surface area (Å²) in [6, 6.07) is 78.6. The zero-order valence-electron chi connectivity index (χ0n) is 33.6. The van der Waals surface area contributed by atoms with E-state index in [1.807, 2.05) is 24.3 Å². The maximum absolute atomic E-state index is 5.44. The van der Waals surface area contributed by atoms with Crippen LogP contribution in [-0.4, -0.2) is 19.5 Å². The van der Waals surface area contributed by atoms with Gasteiger partial charge in [0.1, 0.15) is 0 Å². The SMILES string of the molecule is c1ccc(-c2cccc(-c3nc(-c4ccccc4)nc(-n4c5cc(-c6ccccc6)ccc5c5cc6c(cc54)C4(c5ccccc5-c5ccccc54)c4ccccc4-6)n3)c2)cc1. The molecular formula is C58H36N4. The van der Waals surface area contributed by atoms with Gasteiger partial charge in [-0.15, -0.1) is 0 Å². The molecule has 0 N–H and O–H groups in total. The summed E-state index contributed by atoms with van der Waals surface area (Å²) in [5.41, 5.74) is 18.3. The van der Waals surface area contributed by atoms with Crippen molar-refractivity contribution in [1.29, 1.82) is 0 Å². The molecule has 0 aliphatic heterocycles. The van der Waals surface area contributed by atoms with E-state index in [1.54, 1.807) is 0 Å². The van der Waals surface area contributed by atoms with Crippen LogP contribution in [0.5, 0.6) is 0 Å². The molecule has 2 aliphatic rings. The van der Waals surface area contributed by atoms with Crippen LogP contribution in [0, 0.1) is 0 Å². The molecule has 62 heavy (non-hydrogen) atoms. The van der Waals surface area contributed by atoms with Crippen LogP contribution >= 0.6 is 0 Å². The minimum Gasteiger partial charge on any atom is -0.278 e. The number of rotatable bonds is 5. The zero-order chi connectivity index (χ0) is 40.8. The fraction of sp³-hybridized carbons (Fsp3) is 0.0172. The number of nitrogens with zero attached hydrogens (tertiary/aromatic N) is 4. The summed E-state index contributed by atoms with van der Waals surface area (Å²) in [6.45, 7) is 0.